The minimum Gasteiger partial charge on any atom is -0.508 e. The number of hydrogen-bond donors (Lipinski definition) is 4. The molecule has 1 aromatic carbocycles. The lowest BCUT2D eigenvalue weighted by atomic mass is 10.1. The molecule has 0 saturated heterocycles. The number of carboxylic acid groups (broad SMARTS) is 1. The number of nitrogens with zero attached hydrogens (tertiary/aromatic N) is 2. The number of aromatic nitrogens is 2. The lowest BCUT2D eigenvalue weighted by molar-refractivity contribution is -0.139. The molecule has 0 spiro atoms. The number of carbonyl (C=O) groups excluding carboxylic acids is 1. The molecule has 0 aliphatic rings. The molecule has 110 valence electrons. The van der Waals surface area contributed by atoms with E-state index in [9.17, 15) is 14.7 Å². The summed E-state index contributed by atoms with van der Waals surface area (Å²) in [5.41, 5.74) is 0.681. The Balaban J connectivity index is 1.97. The third-order valence-electron chi connectivity index (χ3n) is 2.58. The number of urea groups is 1. The third-order valence-corrected chi connectivity index (χ3v) is 3.16. The molecule has 4 N–H and O–H groups in total. The molecule has 0 aliphatic heterocycles. The van der Waals surface area contributed by atoms with Gasteiger partial charge >= 0.3 is 12.0 Å². The summed E-state index contributed by atoms with van der Waals surface area (Å²) in [6.45, 7) is 0. The minimum absolute atomic E-state index is 0.0917. The van der Waals surface area contributed by atoms with Gasteiger partial charge in [-0.05, 0) is 17.7 Å². The highest BCUT2D eigenvalue weighted by atomic mass is 32.1. The van der Waals surface area contributed by atoms with Gasteiger partial charge in [-0.1, -0.05) is 16.6 Å². The minimum atomic E-state index is -1.15. The largest absolute Gasteiger partial charge is 0.508 e. The Morgan fingerprint density at radius 2 is 2.00 bits per heavy atom. The summed E-state index contributed by atoms with van der Waals surface area (Å²) < 4.78 is 3.57. The number of anilines is 1. The average Bonchev–Trinajstić information content (AvgIpc) is 2.93. The summed E-state index contributed by atoms with van der Waals surface area (Å²) in [4.78, 5) is 22.9. The number of carbonyl (C=O) groups is 2. The first-order valence-corrected chi connectivity index (χ1v) is 6.67. The molecule has 1 aromatic heterocycles. The Bertz CT molecular complexity index is 615. The third kappa shape index (κ3) is 4.42. The van der Waals surface area contributed by atoms with E-state index < -0.39 is 18.0 Å². The number of carboxylic acids is 1. The van der Waals surface area contributed by atoms with Gasteiger partial charge in [0, 0.05) is 18.0 Å². The van der Waals surface area contributed by atoms with Gasteiger partial charge in [0.1, 0.15) is 16.8 Å². The fourth-order valence-corrected chi connectivity index (χ4v) is 2.01. The maximum absolute atomic E-state index is 11.7. The Kier molecular flexibility index (Phi) is 4.67. The molecule has 2 amide bonds. The number of phenols is 1. The Hall–Kier alpha value is -2.68. The predicted molar refractivity (Wildman–Crippen MR) is 75.3 cm³/mol. The van der Waals surface area contributed by atoms with E-state index in [1.54, 1.807) is 12.1 Å². The van der Waals surface area contributed by atoms with Crippen LogP contribution in [0.5, 0.6) is 5.75 Å². The number of amides is 2. The van der Waals surface area contributed by atoms with E-state index in [4.69, 9.17) is 5.11 Å². The van der Waals surface area contributed by atoms with Crippen molar-refractivity contribution in [3.8, 4) is 5.75 Å². The number of phenolic OH excluding ortho intramolecular Hbond substituents is 1. The van der Waals surface area contributed by atoms with E-state index in [0.29, 0.717) is 10.6 Å². The summed E-state index contributed by atoms with van der Waals surface area (Å²) in [5, 5.41) is 27.1. The smallest absolute Gasteiger partial charge is 0.326 e. The van der Waals surface area contributed by atoms with Gasteiger partial charge in [-0.25, -0.2) is 9.59 Å². The maximum Gasteiger partial charge on any atom is 0.326 e. The highest BCUT2D eigenvalue weighted by Gasteiger charge is 2.20. The molecule has 2 aromatic rings. The number of benzene rings is 1. The standard InChI is InChI=1S/C12H12N4O4S/c17-8-3-1-7(2-4-8)5-9(11(18)19)14-12(20)15-10-6-13-16-21-10/h1-4,6,9,17H,5H2,(H,18,19)(H2,14,15,20). The molecule has 0 fully saturated rings. The monoisotopic (exact) mass is 308 g/mol. The summed E-state index contributed by atoms with van der Waals surface area (Å²) >= 11 is 0.984. The number of aliphatic carboxylic acids is 1. The zero-order chi connectivity index (χ0) is 15.2. The number of rotatable bonds is 5. The van der Waals surface area contributed by atoms with Crippen LogP contribution in [-0.4, -0.2) is 37.8 Å². The summed E-state index contributed by atoms with van der Waals surface area (Å²) in [7, 11) is 0. The van der Waals surface area contributed by atoms with E-state index in [-0.39, 0.29) is 12.2 Å². The molecule has 1 atom stereocenters. The van der Waals surface area contributed by atoms with Gasteiger partial charge < -0.3 is 15.5 Å². The highest BCUT2D eigenvalue weighted by molar-refractivity contribution is 7.10. The first-order valence-electron chi connectivity index (χ1n) is 5.90. The van der Waals surface area contributed by atoms with Crippen LogP contribution in [0.4, 0.5) is 9.80 Å². The Morgan fingerprint density at radius 3 is 2.57 bits per heavy atom. The summed E-state index contributed by atoms with van der Waals surface area (Å²) in [5.74, 6) is -1.06. The van der Waals surface area contributed by atoms with Crippen molar-refractivity contribution in [2.75, 3.05) is 5.32 Å². The van der Waals surface area contributed by atoms with Gasteiger partial charge in [-0.15, -0.1) is 5.10 Å². The lowest BCUT2D eigenvalue weighted by Crippen LogP contribution is -2.44. The van der Waals surface area contributed by atoms with Crippen LogP contribution < -0.4 is 10.6 Å². The van der Waals surface area contributed by atoms with Crippen molar-refractivity contribution in [3.63, 3.8) is 0 Å². The predicted octanol–water partition coefficient (Wildman–Crippen LogP) is 1.06. The van der Waals surface area contributed by atoms with Crippen molar-refractivity contribution >= 4 is 28.5 Å². The zero-order valence-electron chi connectivity index (χ0n) is 10.7. The summed E-state index contributed by atoms with van der Waals surface area (Å²) in [6.07, 6.45) is 1.46. The van der Waals surface area contributed by atoms with Gasteiger partial charge in [-0.3, -0.25) is 5.32 Å². The zero-order valence-corrected chi connectivity index (χ0v) is 11.5. The molecule has 21 heavy (non-hydrogen) atoms. The average molecular weight is 308 g/mol. The Morgan fingerprint density at radius 1 is 1.29 bits per heavy atom. The second-order valence-electron chi connectivity index (χ2n) is 4.14. The van der Waals surface area contributed by atoms with Crippen LogP contribution >= 0.6 is 11.5 Å². The topological polar surface area (TPSA) is 124 Å². The molecular formula is C12H12N4O4S. The van der Waals surface area contributed by atoms with Gasteiger partial charge in [0.25, 0.3) is 0 Å². The molecule has 0 radical (unpaired) electrons. The Labute approximate surface area is 123 Å². The second-order valence-corrected chi connectivity index (χ2v) is 4.93. The molecular weight excluding hydrogens is 296 g/mol. The SMILES string of the molecule is O=C(Nc1cnns1)NC(Cc1ccc(O)cc1)C(=O)O. The van der Waals surface area contributed by atoms with Crippen molar-refractivity contribution < 1.29 is 19.8 Å². The molecule has 1 heterocycles. The fraction of sp³-hybridized carbons (Fsp3) is 0.167. The van der Waals surface area contributed by atoms with Crippen LogP contribution in [0, 0.1) is 0 Å². The molecule has 1 unspecified atom stereocenters. The van der Waals surface area contributed by atoms with Crippen LogP contribution in [0.25, 0.3) is 0 Å². The van der Waals surface area contributed by atoms with Crippen LogP contribution in [0.2, 0.25) is 0 Å². The van der Waals surface area contributed by atoms with Gasteiger partial charge in [0.05, 0.1) is 6.20 Å². The summed E-state index contributed by atoms with van der Waals surface area (Å²) in [6, 6.07) is 4.37. The maximum atomic E-state index is 11.7. The van der Waals surface area contributed by atoms with Crippen molar-refractivity contribution in [2.45, 2.75) is 12.5 Å². The van der Waals surface area contributed by atoms with Crippen LogP contribution in [-0.2, 0) is 11.2 Å². The van der Waals surface area contributed by atoms with Gasteiger partial charge in [0.2, 0.25) is 0 Å². The number of aromatic hydroxyl groups is 1. The van der Waals surface area contributed by atoms with E-state index in [1.165, 1.54) is 18.3 Å². The van der Waals surface area contributed by atoms with E-state index in [2.05, 4.69) is 20.2 Å². The molecule has 0 saturated carbocycles. The highest BCUT2D eigenvalue weighted by Crippen LogP contribution is 2.12. The first kappa shape index (κ1) is 14.7. The first-order chi connectivity index (χ1) is 10.0. The van der Waals surface area contributed by atoms with Crippen LogP contribution in [0.15, 0.2) is 30.5 Å². The van der Waals surface area contributed by atoms with Crippen molar-refractivity contribution in [2.24, 2.45) is 0 Å². The molecule has 0 aliphatic carbocycles. The normalized spacial score (nSPS) is 11.6. The van der Waals surface area contributed by atoms with Gasteiger partial charge in [0.15, 0.2) is 0 Å². The number of nitrogens with one attached hydrogen (secondary N) is 2. The molecule has 2 rings (SSSR count). The van der Waals surface area contributed by atoms with Crippen molar-refractivity contribution in [1.29, 1.82) is 0 Å². The quantitative estimate of drug-likeness (QED) is 0.654. The van der Waals surface area contributed by atoms with Crippen LogP contribution in [0.3, 0.4) is 0 Å². The molecule has 8 nitrogen and oxygen atoms in total. The second kappa shape index (κ2) is 6.66. The molecule has 0 bridgehead atoms. The fourth-order valence-electron chi connectivity index (χ4n) is 1.60. The lowest BCUT2D eigenvalue weighted by Gasteiger charge is -2.14. The van der Waals surface area contributed by atoms with Crippen molar-refractivity contribution in [3.05, 3.63) is 36.0 Å². The van der Waals surface area contributed by atoms with Crippen molar-refractivity contribution in [1.82, 2.24) is 14.9 Å². The van der Waals surface area contributed by atoms with E-state index in [0.717, 1.165) is 11.5 Å². The van der Waals surface area contributed by atoms with Gasteiger partial charge in [-0.2, -0.15) is 0 Å². The van der Waals surface area contributed by atoms with E-state index >= 15 is 0 Å². The van der Waals surface area contributed by atoms with E-state index in [1.807, 2.05) is 0 Å². The number of hydrogen-bond acceptors (Lipinski definition) is 6. The van der Waals surface area contributed by atoms with Crippen LogP contribution in [0.1, 0.15) is 5.56 Å². The molecule has 9 heteroatoms.